The van der Waals surface area contributed by atoms with Crippen LogP contribution in [0.4, 0.5) is 0 Å². The first-order chi connectivity index (χ1) is 9.09. The Morgan fingerprint density at radius 1 is 1.16 bits per heavy atom. The second-order valence-corrected chi connectivity index (χ2v) is 7.69. The SMILES string of the molecule is CN(C1CCCCC1)S(=O)(=O)NCC1CCCNC1. The Hall–Kier alpha value is -0.170. The van der Waals surface area contributed by atoms with E-state index in [1.54, 1.807) is 11.4 Å². The normalized spacial score (nSPS) is 26.7. The summed E-state index contributed by atoms with van der Waals surface area (Å²) in [5.41, 5.74) is 0. The quantitative estimate of drug-likeness (QED) is 0.796. The van der Waals surface area contributed by atoms with Gasteiger partial charge in [0.1, 0.15) is 0 Å². The van der Waals surface area contributed by atoms with Gasteiger partial charge < -0.3 is 5.32 Å². The van der Waals surface area contributed by atoms with Gasteiger partial charge in [0.2, 0.25) is 0 Å². The Morgan fingerprint density at radius 3 is 2.53 bits per heavy atom. The van der Waals surface area contributed by atoms with Crippen molar-refractivity contribution < 1.29 is 8.42 Å². The fourth-order valence-corrected chi connectivity index (χ4v) is 4.32. The molecular weight excluding hydrogens is 262 g/mol. The summed E-state index contributed by atoms with van der Waals surface area (Å²) in [4.78, 5) is 0. The molecule has 6 heteroatoms. The predicted octanol–water partition coefficient (Wildman–Crippen LogP) is 1.08. The van der Waals surface area contributed by atoms with Crippen molar-refractivity contribution in [2.24, 2.45) is 5.92 Å². The molecule has 1 saturated heterocycles. The van der Waals surface area contributed by atoms with Crippen LogP contribution in [-0.4, -0.2) is 45.4 Å². The summed E-state index contributed by atoms with van der Waals surface area (Å²) >= 11 is 0. The maximum absolute atomic E-state index is 12.3. The van der Waals surface area contributed by atoms with Crippen molar-refractivity contribution in [1.29, 1.82) is 0 Å². The van der Waals surface area contributed by atoms with Crippen LogP contribution in [0.1, 0.15) is 44.9 Å². The van der Waals surface area contributed by atoms with Crippen LogP contribution in [0.15, 0.2) is 0 Å². The molecule has 0 amide bonds. The molecule has 19 heavy (non-hydrogen) atoms. The Balaban J connectivity index is 1.82. The monoisotopic (exact) mass is 289 g/mol. The molecular formula is C13H27N3O2S. The summed E-state index contributed by atoms with van der Waals surface area (Å²) in [6.07, 6.45) is 7.80. The Kier molecular flexibility index (Phi) is 5.62. The zero-order valence-electron chi connectivity index (χ0n) is 11.9. The maximum Gasteiger partial charge on any atom is 0.279 e. The summed E-state index contributed by atoms with van der Waals surface area (Å²) in [5, 5.41) is 3.32. The summed E-state index contributed by atoms with van der Waals surface area (Å²) < 4.78 is 28.9. The third-order valence-electron chi connectivity index (χ3n) is 4.42. The van der Waals surface area contributed by atoms with Crippen LogP contribution >= 0.6 is 0 Å². The molecule has 1 aliphatic carbocycles. The smallest absolute Gasteiger partial charge is 0.279 e. The van der Waals surface area contributed by atoms with Crippen LogP contribution in [0.2, 0.25) is 0 Å². The van der Waals surface area contributed by atoms with Crippen LogP contribution in [0, 0.1) is 5.92 Å². The molecule has 2 aliphatic rings. The topological polar surface area (TPSA) is 61.4 Å². The standard InChI is InChI=1S/C13H27N3O2S/c1-16(13-7-3-2-4-8-13)19(17,18)15-11-12-6-5-9-14-10-12/h12-15H,2-11H2,1H3. The molecule has 0 spiro atoms. The molecule has 2 rings (SSSR count). The lowest BCUT2D eigenvalue weighted by molar-refractivity contribution is 0.280. The molecule has 1 atom stereocenters. The van der Waals surface area contributed by atoms with Gasteiger partial charge in [0, 0.05) is 19.6 Å². The zero-order valence-corrected chi connectivity index (χ0v) is 12.7. The van der Waals surface area contributed by atoms with Gasteiger partial charge in [0.25, 0.3) is 10.2 Å². The van der Waals surface area contributed by atoms with E-state index in [1.807, 2.05) is 0 Å². The minimum atomic E-state index is -3.30. The zero-order chi connectivity index (χ0) is 13.7. The van der Waals surface area contributed by atoms with Crippen LogP contribution in [0.5, 0.6) is 0 Å². The number of piperidine rings is 1. The summed E-state index contributed by atoms with van der Waals surface area (Å²) in [6.45, 7) is 2.55. The van der Waals surface area contributed by atoms with Crippen LogP contribution in [-0.2, 0) is 10.2 Å². The number of hydrogen-bond donors (Lipinski definition) is 2. The van der Waals surface area contributed by atoms with E-state index >= 15 is 0 Å². The maximum atomic E-state index is 12.3. The average Bonchev–Trinajstić information content (AvgIpc) is 2.46. The molecule has 0 aromatic carbocycles. The van der Waals surface area contributed by atoms with Crippen molar-refractivity contribution in [3.63, 3.8) is 0 Å². The molecule has 1 heterocycles. The third kappa shape index (κ3) is 4.41. The highest BCUT2D eigenvalue weighted by Gasteiger charge is 2.28. The highest BCUT2D eigenvalue weighted by molar-refractivity contribution is 7.87. The number of nitrogens with one attached hydrogen (secondary N) is 2. The molecule has 5 nitrogen and oxygen atoms in total. The number of hydrogen-bond acceptors (Lipinski definition) is 3. The van der Waals surface area contributed by atoms with E-state index in [9.17, 15) is 8.42 Å². The van der Waals surface area contributed by atoms with Crippen molar-refractivity contribution in [1.82, 2.24) is 14.3 Å². The molecule has 1 aliphatic heterocycles. The lowest BCUT2D eigenvalue weighted by Crippen LogP contribution is -2.47. The Morgan fingerprint density at radius 2 is 1.89 bits per heavy atom. The van der Waals surface area contributed by atoms with E-state index in [1.165, 1.54) is 6.42 Å². The van der Waals surface area contributed by atoms with E-state index in [-0.39, 0.29) is 6.04 Å². The van der Waals surface area contributed by atoms with Crippen molar-refractivity contribution in [3.8, 4) is 0 Å². The number of rotatable bonds is 5. The van der Waals surface area contributed by atoms with Gasteiger partial charge in [0.15, 0.2) is 0 Å². The predicted molar refractivity (Wildman–Crippen MR) is 77.2 cm³/mol. The number of nitrogens with zero attached hydrogens (tertiary/aromatic N) is 1. The summed E-state index contributed by atoms with van der Waals surface area (Å²) in [5.74, 6) is 0.434. The first-order valence-corrected chi connectivity index (χ1v) is 8.97. The summed E-state index contributed by atoms with van der Waals surface area (Å²) in [6, 6.07) is 0.190. The largest absolute Gasteiger partial charge is 0.316 e. The Bertz CT molecular complexity index is 360. The molecule has 0 aromatic heterocycles. The molecule has 0 bridgehead atoms. The van der Waals surface area contributed by atoms with Crippen molar-refractivity contribution in [3.05, 3.63) is 0 Å². The van der Waals surface area contributed by atoms with Crippen molar-refractivity contribution in [2.45, 2.75) is 51.0 Å². The lowest BCUT2D eigenvalue weighted by atomic mass is 9.96. The molecule has 112 valence electrons. The van der Waals surface area contributed by atoms with Gasteiger partial charge >= 0.3 is 0 Å². The average molecular weight is 289 g/mol. The minimum absolute atomic E-state index is 0.190. The first-order valence-electron chi connectivity index (χ1n) is 7.53. The second-order valence-electron chi connectivity index (χ2n) is 5.87. The molecule has 0 radical (unpaired) electrons. The van der Waals surface area contributed by atoms with E-state index in [0.717, 1.165) is 51.6 Å². The fraction of sp³-hybridized carbons (Fsp3) is 1.00. The van der Waals surface area contributed by atoms with Gasteiger partial charge in [-0.15, -0.1) is 0 Å². The molecule has 2 N–H and O–H groups in total. The van der Waals surface area contributed by atoms with Crippen LogP contribution in [0.3, 0.4) is 0 Å². The molecule has 1 unspecified atom stereocenters. The van der Waals surface area contributed by atoms with Crippen LogP contribution < -0.4 is 10.0 Å². The highest BCUT2D eigenvalue weighted by atomic mass is 32.2. The highest BCUT2D eigenvalue weighted by Crippen LogP contribution is 2.23. The van der Waals surface area contributed by atoms with Gasteiger partial charge in [-0.25, -0.2) is 4.72 Å². The third-order valence-corrected chi connectivity index (χ3v) is 6.01. The van der Waals surface area contributed by atoms with E-state index in [4.69, 9.17) is 0 Å². The van der Waals surface area contributed by atoms with Gasteiger partial charge in [-0.1, -0.05) is 19.3 Å². The van der Waals surface area contributed by atoms with Crippen molar-refractivity contribution in [2.75, 3.05) is 26.7 Å². The van der Waals surface area contributed by atoms with Gasteiger partial charge in [-0.05, 0) is 44.7 Å². The van der Waals surface area contributed by atoms with Gasteiger partial charge in [-0.2, -0.15) is 12.7 Å². The van der Waals surface area contributed by atoms with Crippen LogP contribution in [0.25, 0.3) is 0 Å². The molecule has 1 saturated carbocycles. The van der Waals surface area contributed by atoms with Gasteiger partial charge in [0.05, 0.1) is 0 Å². The molecule has 2 fully saturated rings. The van der Waals surface area contributed by atoms with Gasteiger partial charge in [-0.3, -0.25) is 0 Å². The van der Waals surface area contributed by atoms with E-state index in [0.29, 0.717) is 12.5 Å². The minimum Gasteiger partial charge on any atom is -0.316 e. The molecule has 0 aromatic rings. The first kappa shape index (κ1) is 15.2. The van der Waals surface area contributed by atoms with Crippen molar-refractivity contribution >= 4 is 10.2 Å². The Labute approximate surface area is 117 Å². The van der Waals surface area contributed by atoms with E-state index in [2.05, 4.69) is 10.0 Å². The fourth-order valence-electron chi connectivity index (χ4n) is 3.06. The lowest BCUT2D eigenvalue weighted by Gasteiger charge is -2.31. The second kappa shape index (κ2) is 7.02. The van der Waals surface area contributed by atoms with E-state index < -0.39 is 10.2 Å². The summed E-state index contributed by atoms with van der Waals surface area (Å²) in [7, 11) is -1.58.